The third kappa shape index (κ3) is 2.71. The molecule has 1 nitrogen and oxygen atoms in total. The van der Waals surface area contributed by atoms with E-state index in [4.69, 9.17) is 0 Å². The molecule has 1 N–H and O–H groups in total. The monoisotopic (exact) mass is 199 g/mol. The van der Waals surface area contributed by atoms with Crippen molar-refractivity contribution in [2.45, 2.75) is 6.04 Å². The zero-order valence-electron chi connectivity index (χ0n) is 7.88. The van der Waals surface area contributed by atoms with Gasteiger partial charge in [0.2, 0.25) is 0 Å². The number of hydrogen-bond donors (Lipinski definition) is 1. The predicted octanol–water partition coefficient (Wildman–Crippen LogP) is 2.45. The largest absolute Gasteiger partial charge is 0.312 e. The maximum atomic E-state index is 13.3. The van der Waals surface area contributed by atoms with Crippen LogP contribution in [0.5, 0.6) is 0 Å². The zero-order chi connectivity index (χ0) is 9.68. The van der Waals surface area contributed by atoms with Gasteiger partial charge in [0, 0.05) is 17.4 Å². The third-order valence-corrected chi connectivity index (χ3v) is 2.63. The molecule has 0 spiro atoms. The van der Waals surface area contributed by atoms with Crippen molar-refractivity contribution >= 4 is 11.8 Å². The van der Waals surface area contributed by atoms with E-state index in [2.05, 4.69) is 5.32 Å². The Bertz CT molecular complexity index is 265. The van der Waals surface area contributed by atoms with Crippen LogP contribution in [-0.4, -0.2) is 19.1 Å². The van der Waals surface area contributed by atoms with Crippen molar-refractivity contribution < 1.29 is 4.39 Å². The van der Waals surface area contributed by atoms with E-state index in [1.807, 2.05) is 25.4 Å². The lowest BCUT2D eigenvalue weighted by Crippen LogP contribution is -2.19. The van der Waals surface area contributed by atoms with E-state index >= 15 is 0 Å². The topological polar surface area (TPSA) is 12.0 Å². The molecule has 1 unspecified atom stereocenters. The standard InChI is InChI=1S/C10H14FNS/c1-12-10(7-13-2)8-5-3-4-6-9(8)11/h3-6,10,12H,7H2,1-2H3. The fraction of sp³-hybridized carbons (Fsp3) is 0.400. The molecule has 0 saturated carbocycles. The fourth-order valence-electron chi connectivity index (χ4n) is 1.25. The maximum Gasteiger partial charge on any atom is 0.128 e. The molecule has 0 aliphatic heterocycles. The van der Waals surface area contributed by atoms with E-state index in [9.17, 15) is 4.39 Å². The molecule has 1 rings (SSSR count). The lowest BCUT2D eigenvalue weighted by molar-refractivity contribution is 0.566. The molecule has 1 aromatic rings. The summed E-state index contributed by atoms with van der Waals surface area (Å²) in [5, 5.41) is 3.10. The van der Waals surface area contributed by atoms with Crippen molar-refractivity contribution in [1.29, 1.82) is 0 Å². The number of halogens is 1. The van der Waals surface area contributed by atoms with Gasteiger partial charge in [-0.3, -0.25) is 0 Å². The summed E-state index contributed by atoms with van der Waals surface area (Å²) >= 11 is 1.71. The lowest BCUT2D eigenvalue weighted by Gasteiger charge is -2.15. The molecule has 0 fully saturated rings. The maximum absolute atomic E-state index is 13.3. The molecule has 1 aromatic carbocycles. The quantitative estimate of drug-likeness (QED) is 0.799. The van der Waals surface area contributed by atoms with Gasteiger partial charge in [-0.1, -0.05) is 18.2 Å². The van der Waals surface area contributed by atoms with E-state index in [0.29, 0.717) is 0 Å². The Morgan fingerprint density at radius 2 is 2.15 bits per heavy atom. The van der Waals surface area contributed by atoms with E-state index in [0.717, 1.165) is 11.3 Å². The highest BCUT2D eigenvalue weighted by Gasteiger charge is 2.11. The molecule has 13 heavy (non-hydrogen) atoms. The molecular weight excluding hydrogens is 185 g/mol. The number of benzene rings is 1. The van der Waals surface area contributed by atoms with Crippen LogP contribution in [0.2, 0.25) is 0 Å². The van der Waals surface area contributed by atoms with Gasteiger partial charge in [0.25, 0.3) is 0 Å². The van der Waals surface area contributed by atoms with Crippen LogP contribution in [0.25, 0.3) is 0 Å². The highest BCUT2D eigenvalue weighted by Crippen LogP contribution is 2.19. The van der Waals surface area contributed by atoms with E-state index < -0.39 is 0 Å². The second-order valence-corrected chi connectivity index (χ2v) is 3.73. The summed E-state index contributed by atoms with van der Waals surface area (Å²) in [5.74, 6) is 0.758. The second kappa shape index (κ2) is 5.25. The van der Waals surface area contributed by atoms with E-state index in [1.165, 1.54) is 6.07 Å². The van der Waals surface area contributed by atoms with Crippen LogP contribution in [0.3, 0.4) is 0 Å². The van der Waals surface area contributed by atoms with Gasteiger partial charge in [-0.25, -0.2) is 4.39 Å². The number of hydrogen-bond acceptors (Lipinski definition) is 2. The van der Waals surface area contributed by atoms with Crippen molar-refractivity contribution in [1.82, 2.24) is 5.32 Å². The van der Waals surface area contributed by atoms with Gasteiger partial charge >= 0.3 is 0 Å². The molecule has 0 aromatic heterocycles. The Labute approximate surface area is 82.7 Å². The van der Waals surface area contributed by atoms with Crippen LogP contribution in [0.4, 0.5) is 4.39 Å². The smallest absolute Gasteiger partial charge is 0.128 e. The van der Waals surface area contributed by atoms with Crippen molar-refractivity contribution in [2.24, 2.45) is 0 Å². The van der Waals surface area contributed by atoms with Gasteiger partial charge in [-0.05, 0) is 19.4 Å². The first kappa shape index (κ1) is 10.5. The van der Waals surface area contributed by atoms with Crippen molar-refractivity contribution in [3.63, 3.8) is 0 Å². The molecule has 0 bridgehead atoms. The Morgan fingerprint density at radius 3 is 2.69 bits per heavy atom. The van der Waals surface area contributed by atoms with Gasteiger partial charge in [0.05, 0.1) is 0 Å². The summed E-state index contributed by atoms with van der Waals surface area (Å²) in [4.78, 5) is 0. The Balaban J connectivity index is 2.84. The van der Waals surface area contributed by atoms with Gasteiger partial charge in [0.15, 0.2) is 0 Å². The number of rotatable bonds is 4. The first-order valence-corrected chi connectivity index (χ1v) is 5.59. The Morgan fingerprint density at radius 1 is 1.46 bits per heavy atom. The highest BCUT2D eigenvalue weighted by atomic mass is 32.2. The predicted molar refractivity (Wildman–Crippen MR) is 56.6 cm³/mol. The highest BCUT2D eigenvalue weighted by molar-refractivity contribution is 7.98. The van der Waals surface area contributed by atoms with Crippen molar-refractivity contribution in [3.8, 4) is 0 Å². The summed E-state index contributed by atoms with van der Waals surface area (Å²) in [7, 11) is 1.85. The van der Waals surface area contributed by atoms with Crippen molar-refractivity contribution in [2.75, 3.05) is 19.1 Å². The van der Waals surface area contributed by atoms with Gasteiger partial charge in [-0.2, -0.15) is 11.8 Å². The Kier molecular flexibility index (Phi) is 4.25. The van der Waals surface area contributed by atoms with Crippen LogP contribution >= 0.6 is 11.8 Å². The summed E-state index contributed by atoms with van der Waals surface area (Å²) in [6.45, 7) is 0. The summed E-state index contributed by atoms with van der Waals surface area (Å²) < 4.78 is 13.3. The SMILES string of the molecule is CNC(CSC)c1ccccc1F. The minimum Gasteiger partial charge on any atom is -0.312 e. The summed E-state index contributed by atoms with van der Waals surface area (Å²) in [6, 6.07) is 7.01. The second-order valence-electron chi connectivity index (χ2n) is 2.82. The van der Waals surface area contributed by atoms with Crippen LogP contribution in [0, 0.1) is 5.82 Å². The van der Waals surface area contributed by atoms with Crippen LogP contribution in [0.1, 0.15) is 11.6 Å². The molecule has 3 heteroatoms. The molecule has 0 aliphatic rings. The normalized spacial score (nSPS) is 12.8. The lowest BCUT2D eigenvalue weighted by atomic mass is 10.1. The van der Waals surface area contributed by atoms with Crippen LogP contribution in [-0.2, 0) is 0 Å². The molecule has 0 saturated heterocycles. The van der Waals surface area contributed by atoms with Gasteiger partial charge < -0.3 is 5.32 Å². The first-order valence-electron chi connectivity index (χ1n) is 4.20. The molecule has 0 amide bonds. The van der Waals surface area contributed by atoms with Crippen LogP contribution < -0.4 is 5.32 Å². The minimum atomic E-state index is -0.129. The molecule has 0 heterocycles. The van der Waals surface area contributed by atoms with E-state index in [-0.39, 0.29) is 11.9 Å². The average molecular weight is 199 g/mol. The minimum absolute atomic E-state index is 0.108. The molecule has 72 valence electrons. The molecule has 0 radical (unpaired) electrons. The summed E-state index contributed by atoms with van der Waals surface area (Å²) in [5.41, 5.74) is 0.749. The van der Waals surface area contributed by atoms with Gasteiger partial charge in [0.1, 0.15) is 5.82 Å². The Hall–Kier alpha value is -0.540. The van der Waals surface area contributed by atoms with E-state index in [1.54, 1.807) is 17.8 Å². The first-order chi connectivity index (χ1) is 6.29. The number of thioether (sulfide) groups is 1. The molecule has 0 aliphatic carbocycles. The molecule has 1 atom stereocenters. The average Bonchev–Trinajstić information content (AvgIpc) is 2.16. The van der Waals surface area contributed by atoms with Gasteiger partial charge in [-0.15, -0.1) is 0 Å². The van der Waals surface area contributed by atoms with Crippen LogP contribution in [0.15, 0.2) is 24.3 Å². The van der Waals surface area contributed by atoms with Crippen molar-refractivity contribution in [3.05, 3.63) is 35.6 Å². The number of nitrogens with one attached hydrogen (secondary N) is 1. The third-order valence-electron chi connectivity index (χ3n) is 1.96. The fourth-order valence-corrected chi connectivity index (χ4v) is 1.93. The zero-order valence-corrected chi connectivity index (χ0v) is 8.70. The summed E-state index contributed by atoms with van der Waals surface area (Å²) in [6.07, 6.45) is 2.02. The molecular formula is C10H14FNS.